The van der Waals surface area contributed by atoms with E-state index in [1.165, 1.54) is 5.56 Å². The van der Waals surface area contributed by atoms with E-state index in [1.54, 1.807) is 6.07 Å². The molecule has 1 aliphatic heterocycles. The van der Waals surface area contributed by atoms with Gasteiger partial charge in [0.05, 0.1) is 0 Å². The van der Waals surface area contributed by atoms with E-state index in [2.05, 4.69) is 48.3 Å². The van der Waals surface area contributed by atoms with Crippen LogP contribution in [-0.2, 0) is 0 Å². The quantitative estimate of drug-likeness (QED) is 0.837. The molecule has 122 valence electrons. The number of nitrogens with one attached hydrogen (secondary N) is 1. The second-order valence-corrected chi connectivity index (χ2v) is 7.12. The Balaban J connectivity index is 1.81. The van der Waals surface area contributed by atoms with Crippen LogP contribution in [0.3, 0.4) is 0 Å². The third-order valence-electron chi connectivity index (χ3n) is 4.64. The summed E-state index contributed by atoms with van der Waals surface area (Å²) in [5.41, 5.74) is 3.53. The van der Waals surface area contributed by atoms with Gasteiger partial charge in [-0.25, -0.2) is 0 Å². The highest BCUT2D eigenvalue weighted by atomic mass is 35.5. The van der Waals surface area contributed by atoms with Gasteiger partial charge in [0.2, 0.25) is 0 Å². The minimum atomic E-state index is 0.420. The second-order valence-electron chi connectivity index (χ2n) is 6.25. The first-order chi connectivity index (χ1) is 11.0. The lowest BCUT2D eigenvalue weighted by atomic mass is 9.99. The molecule has 23 heavy (non-hydrogen) atoms. The molecule has 0 bridgehead atoms. The molecule has 1 N–H and O–H groups in total. The highest BCUT2D eigenvalue weighted by Crippen LogP contribution is 2.29. The summed E-state index contributed by atoms with van der Waals surface area (Å²) in [6, 6.07) is 15.4. The van der Waals surface area contributed by atoms with Crippen LogP contribution in [0.2, 0.25) is 10.0 Å². The van der Waals surface area contributed by atoms with Crippen molar-refractivity contribution in [1.29, 1.82) is 0 Å². The summed E-state index contributed by atoms with van der Waals surface area (Å²) < 4.78 is 0. The largest absolute Gasteiger partial charge is 0.314 e. The smallest absolute Gasteiger partial charge is 0.0426 e. The highest BCUT2D eigenvalue weighted by Gasteiger charge is 2.23. The molecule has 2 aromatic carbocycles. The van der Waals surface area contributed by atoms with Crippen molar-refractivity contribution in [1.82, 2.24) is 10.2 Å². The highest BCUT2D eigenvalue weighted by molar-refractivity contribution is 6.35. The van der Waals surface area contributed by atoms with Gasteiger partial charge in [-0.1, -0.05) is 47.5 Å². The van der Waals surface area contributed by atoms with Crippen molar-refractivity contribution in [3.05, 3.63) is 58.1 Å². The third kappa shape index (κ3) is 3.89. The van der Waals surface area contributed by atoms with E-state index < -0.39 is 0 Å². The van der Waals surface area contributed by atoms with Gasteiger partial charge in [0.25, 0.3) is 0 Å². The van der Waals surface area contributed by atoms with E-state index in [4.69, 9.17) is 23.2 Å². The maximum absolute atomic E-state index is 6.10. The van der Waals surface area contributed by atoms with Crippen molar-refractivity contribution in [2.75, 3.05) is 19.6 Å². The van der Waals surface area contributed by atoms with E-state index in [-0.39, 0.29) is 0 Å². The molecule has 1 fully saturated rings. The van der Waals surface area contributed by atoms with E-state index in [0.717, 1.165) is 30.8 Å². The van der Waals surface area contributed by atoms with Gasteiger partial charge in [-0.2, -0.15) is 0 Å². The van der Waals surface area contributed by atoms with Crippen LogP contribution in [0.4, 0.5) is 0 Å². The molecule has 2 atom stereocenters. The Morgan fingerprint density at radius 3 is 2.30 bits per heavy atom. The monoisotopic (exact) mass is 348 g/mol. The molecule has 0 aromatic heterocycles. The third-order valence-corrected chi connectivity index (χ3v) is 5.08. The van der Waals surface area contributed by atoms with E-state index in [9.17, 15) is 0 Å². The molecule has 0 unspecified atom stereocenters. The van der Waals surface area contributed by atoms with Crippen LogP contribution >= 0.6 is 23.2 Å². The Hall–Kier alpha value is -1.06. The molecule has 0 saturated carbocycles. The number of benzene rings is 2. The van der Waals surface area contributed by atoms with Gasteiger partial charge in [-0.3, -0.25) is 4.90 Å². The summed E-state index contributed by atoms with van der Waals surface area (Å²) in [6.07, 6.45) is 0. The number of halogens is 2. The van der Waals surface area contributed by atoms with Crippen LogP contribution in [0.1, 0.15) is 25.5 Å². The maximum atomic E-state index is 6.10. The van der Waals surface area contributed by atoms with Crippen molar-refractivity contribution in [2.45, 2.75) is 25.9 Å². The van der Waals surface area contributed by atoms with Gasteiger partial charge in [0.1, 0.15) is 0 Å². The van der Waals surface area contributed by atoms with Crippen LogP contribution in [0.5, 0.6) is 0 Å². The minimum absolute atomic E-state index is 0.420. The fourth-order valence-electron chi connectivity index (χ4n) is 3.30. The van der Waals surface area contributed by atoms with Crippen molar-refractivity contribution < 1.29 is 0 Å². The van der Waals surface area contributed by atoms with Crippen LogP contribution in [0, 0.1) is 0 Å². The summed E-state index contributed by atoms with van der Waals surface area (Å²) in [5.74, 6) is 0. The molecular formula is C19H22Cl2N2. The van der Waals surface area contributed by atoms with Gasteiger partial charge in [-0.15, -0.1) is 0 Å². The summed E-state index contributed by atoms with van der Waals surface area (Å²) >= 11 is 12.2. The van der Waals surface area contributed by atoms with Crippen molar-refractivity contribution >= 4 is 23.2 Å². The predicted octanol–water partition coefficient (Wildman–Crippen LogP) is 5.02. The molecule has 0 aliphatic carbocycles. The zero-order valence-electron chi connectivity index (χ0n) is 13.5. The van der Waals surface area contributed by atoms with Gasteiger partial charge in [-0.05, 0) is 48.7 Å². The summed E-state index contributed by atoms with van der Waals surface area (Å²) in [6.45, 7) is 7.78. The number of piperazine rings is 1. The molecule has 0 amide bonds. The van der Waals surface area contributed by atoms with Gasteiger partial charge >= 0.3 is 0 Å². The normalized spacial score (nSPS) is 20.4. The number of nitrogens with zero attached hydrogens (tertiary/aromatic N) is 1. The Morgan fingerprint density at radius 1 is 1.04 bits per heavy atom. The first kappa shape index (κ1) is 16.8. The molecule has 0 spiro atoms. The molecule has 1 heterocycles. The molecular weight excluding hydrogens is 327 g/mol. The Labute approximate surface area is 148 Å². The SMILES string of the molecule is C[C@@H]1CNCCN1[C@@H](C)c1ccc(-c2cc(Cl)cc(Cl)c2)cc1. The van der Waals surface area contributed by atoms with Crippen LogP contribution < -0.4 is 5.32 Å². The second kappa shape index (κ2) is 7.23. The Bertz CT molecular complexity index is 649. The summed E-state index contributed by atoms with van der Waals surface area (Å²) in [4.78, 5) is 2.56. The fraction of sp³-hybridized carbons (Fsp3) is 0.368. The van der Waals surface area contributed by atoms with Crippen molar-refractivity contribution in [3.63, 3.8) is 0 Å². The van der Waals surface area contributed by atoms with Crippen LogP contribution in [0.25, 0.3) is 11.1 Å². The zero-order valence-corrected chi connectivity index (χ0v) is 15.0. The van der Waals surface area contributed by atoms with Crippen molar-refractivity contribution in [2.24, 2.45) is 0 Å². The lowest BCUT2D eigenvalue weighted by Gasteiger charge is -2.38. The fourth-order valence-corrected chi connectivity index (χ4v) is 3.82. The maximum Gasteiger partial charge on any atom is 0.0426 e. The molecule has 2 nitrogen and oxygen atoms in total. The Kier molecular flexibility index (Phi) is 5.27. The molecule has 4 heteroatoms. The van der Waals surface area contributed by atoms with E-state index in [0.29, 0.717) is 22.1 Å². The van der Waals surface area contributed by atoms with Crippen LogP contribution in [0.15, 0.2) is 42.5 Å². The topological polar surface area (TPSA) is 15.3 Å². The summed E-state index contributed by atoms with van der Waals surface area (Å²) in [7, 11) is 0. The zero-order chi connectivity index (χ0) is 16.4. The standard InChI is InChI=1S/C19H22Cl2N2/c1-13-12-22-7-8-23(13)14(2)15-3-5-16(6-4-15)17-9-18(20)11-19(21)10-17/h3-6,9-11,13-14,22H,7-8,12H2,1-2H3/t13-,14+/m1/s1. The first-order valence-electron chi connectivity index (χ1n) is 8.07. The average molecular weight is 349 g/mol. The Morgan fingerprint density at radius 2 is 1.70 bits per heavy atom. The molecule has 3 rings (SSSR count). The lowest BCUT2D eigenvalue weighted by molar-refractivity contribution is 0.126. The molecule has 1 aliphatic rings. The van der Waals surface area contributed by atoms with Gasteiger partial charge in [0, 0.05) is 41.8 Å². The number of hydrogen-bond donors (Lipinski definition) is 1. The van der Waals surface area contributed by atoms with Crippen molar-refractivity contribution in [3.8, 4) is 11.1 Å². The summed E-state index contributed by atoms with van der Waals surface area (Å²) in [5, 5.41) is 4.78. The lowest BCUT2D eigenvalue weighted by Crippen LogP contribution is -2.50. The molecule has 0 radical (unpaired) electrons. The molecule has 1 saturated heterocycles. The van der Waals surface area contributed by atoms with E-state index in [1.807, 2.05) is 12.1 Å². The van der Waals surface area contributed by atoms with Gasteiger partial charge < -0.3 is 5.32 Å². The predicted molar refractivity (Wildman–Crippen MR) is 99.4 cm³/mol. The van der Waals surface area contributed by atoms with E-state index >= 15 is 0 Å². The first-order valence-corrected chi connectivity index (χ1v) is 8.83. The average Bonchev–Trinajstić information content (AvgIpc) is 2.54. The number of hydrogen-bond acceptors (Lipinski definition) is 2. The number of rotatable bonds is 3. The minimum Gasteiger partial charge on any atom is -0.314 e. The van der Waals surface area contributed by atoms with Crippen LogP contribution in [-0.4, -0.2) is 30.6 Å². The molecule has 2 aromatic rings. The van der Waals surface area contributed by atoms with Gasteiger partial charge in [0.15, 0.2) is 0 Å².